The van der Waals surface area contributed by atoms with Crippen LogP contribution in [-0.4, -0.2) is 51.3 Å². The van der Waals surface area contributed by atoms with Crippen molar-refractivity contribution in [1.82, 2.24) is 4.98 Å². The lowest BCUT2D eigenvalue weighted by molar-refractivity contribution is -0.121. The van der Waals surface area contributed by atoms with Crippen molar-refractivity contribution in [2.45, 2.75) is 19.3 Å². The number of ether oxygens (including phenoxy) is 4. The van der Waals surface area contributed by atoms with Crippen LogP contribution in [0.25, 0.3) is 22.6 Å². The number of hydrogen-bond acceptors (Lipinski definition) is 8. The molecule has 0 fully saturated rings. The Hall–Kier alpha value is -5.43. The number of aromatic nitrogens is 1. The lowest BCUT2D eigenvalue weighted by Crippen LogP contribution is -2.36. The van der Waals surface area contributed by atoms with Crippen molar-refractivity contribution >= 4 is 40.1 Å². The largest absolute Gasteiger partial charge is 0.493 e. The predicted octanol–water partition coefficient (Wildman–Crippen LogP) is 5.99. The van der Waals surface area contributed by atoms with Gasteiger partial charge in [0.1, 0.15) is 5.82 Å². The SMILES string of the molecule is COc1cc(/C=C2\CCc3c2nc2ccccc2c3C(=O)OCC(=O)N(CCC#N)c2ccccc2F)cc(OC)c1OC. The zero-order valence-electron chi connectivity index (χ0n) is 24.6. The Balaban J connectivity index is 1.48. The first-order valence-corrected chi connectivity index (χ1v) is 13.9. The van der Waals surface area contributed by atoms with Crippen LogP contribution in [0.4, 0.5) is 10.1 Å². The minimum absolute atomic E-state index is 0.0145. The predicted molar refractivity (Wildman–Crippen MR) is 163 cm³/mol. The van der Waals surface area contributed by atoms with Crippen molar-refractivity contribution in [2.24, 2.45) is 0 Å². The fraction of sp³-hybridized carbons (Fsp3) is 0.235. The highest BCUT2D eigenvalue weighted by Gasteiger charge is 2.29. The highest BCUT2D eigenvalue weighted by Crippen LogP contribution is 2.41. The van der Waals surface area contributed by atoms with E-state index in [1.165, 1.54) is 18.2 Å². The van der Waals surface area contributed by atoms with Gasteiger partial charge in [0.2, 0.25) is 5.75 Å². The van der Waals surface area contributed by atoms with Gasteiger partial charge in [-0.05, 0) is 65.9 Å². The molecule has 0 saturated heterocycles. The number of fused-ring (bicyclic) bond motifs is 2. The number of allylic oxidation sites excluding steroid dienone is 1. The minimum Gasteiger partial charge on any atom is -0.493 e. The summed E-state index contributed by atoms with van der Waals surface area (Å²) in [6.07, 6.45) is 3.10. The van der Waals surface area contributed by atoms with Crippen LogP contribution in [0.3, 0.4) is 0 Å². The fourth-order valence-electron chi connectivity index (χ4n) is 5.39. The molecule has 10 heteroatoms. The third-order valence-electron chi connectivity index (χ3n) is 7.39. The monoisotopic (exact) mass is 595 g/mol. The maximum absolute atomic E-state index is 14.5. The van der Waals surface area contributed by atoms with E-state index in [1.54, 1.807) is 33.5 Å². The van der Waals surface area contributed by atoms with Gasteiger partial charge in [-0.3, -0.25) is 4.79 Å². The van der Waals surface area contributed by atoms with E-state index >= 15 is 0 Å². The molecule has 0 unspecified atom stereocenters. The number of rotatable bonds is 10. The van der Waals surface area contributed by atoms with Gasteiger partial charge >= 0.3 is 5.97 Å². The number of hydrogen-bond donors (Lipinski definition) is 0. The van der Waals surface area contributed by atoms with E-state index in [-0.39, 0.29) is 18.7 Å². The number of methoxy groups -OCH3 is 3. The van der Waals surface area contributed by atoms with Crippen molar-refractivity contribution in [3.63, 3.8) is 0 Å². The van der Waals surface area contributed by atoms with Crippen LogP contribution in [0.5, 0.6) is 17.2 Å². The van der Waals surface area contributed by atoms with E-state index < -0.39 is 24.3 Å². The summed E-state index contributed by atoms with van der Waals surface area (Å²) in [5.74, 6) is -0.441. The van der Waals surface area contributed by atoms with Crippen LogP contribution < -0.4 is 19.1 Å². The lowest BCUT2D eigenvalue weighted by atomic mass is 10.0. The summed E-state index contributed by atoms with van der Waals surface area (Å²) < 4.78 is 36.5. The number of amides is 1. The molecule has 1 aliphatic rings. The van der Waals surface area contributed by atoms with Gasteiger partial charge in [-0.2, -0.15) is 5.26 Å². The number of carbonyl (C=O) groups is 2. The first-order chi connectivity index (χ1) is 21.4. The smallest absolute Gasteiger partial charge is 0.339 e. The van der Waals surface area contributed by atoms with Gasteiger partial charge in [0.15, 0.2) is 18.1 Å². The van der Waals surface area contributed by atoms with Gasteiger partial charge in [0.05, 0.1) is 56.3 Å². The Morgan fingerprint density at radius 3 is 2.39 bits per heavy atom. The quantitative estimate of drug-likeness (QED) is 0.206. The molecule has 1 heterocycles. The molecule has 3 aromatic carbocycles. The van der Waals surface area contributed by atoms with Gasteiger partial charge < -0.3 is 23.8 Å². The number of nitriles is 1. The van der Waals surface area contributed by atoms with Crippen molar-refractivity contribution in [3.05, 3.63) is 88.9 Å². The second-order valence-corrected chi connectivity index (χ2v) is 9.94. The highest BCUT2D eigenvalue weighted by atomic mass is 19.1. The maximum Gasteiger partial charge on any atom is 0.339 e. The number of carbonyl (C=O) groups excluding carboxylic acids is 2. The molecule has 0 spiro atoms. The van der Waals surface area contributed by atoms with Gasteiger partial charge in [-0.25, -0.2) is 14.2 Å². The summed E-state index contributed by atoms with van der Waals surface area (Å²) in [4.78, 5) is 32.8. The summed E-state index contributed by atoms with van der Waals surface area (Å²) in [6, 6.07) is 18.6. The summed E-state index contributed by atoms with van der Waals surface area (Å²) in [5.41, 5.74) is 4.05. The van der Waals surface area contributed by atoms with E-state index in [4.69, 9.17) is 29.2 Å². The molecule has 0 N–H and O–H groups in total. The summed E-state index contributed by atoms with van der Waals surface area (Å²) in [6.45, 7) is -0.672. The molecule has 0 bridgehead atoms. The Kier molecular flexibility index (Phi) is 9.05. The average Bonchev–Trinajstić information content (AvgIpc) is 3.44. The summed E-state index contributed by atoms with van der Waals surface area (Å²) >= 11 is 0. The molecule has 4 aromatic rings. The third-order valence-corrected chi connectivity index (χ3v) is 7.39. The molecule has 1 amide bonds. The standard InChI is InChI=1S/C34H30FN3O6/c1-41-28-18-21(19-29(42-2)33(28)43-3)17-22-13-14-24-31(23-9-4-6-11-26(23)37-32(22)24)34(40)44-20-30(39)38(16-8-15-36)27-12-7-5-10-25(27)35/h4-7,9-12,17-19H,8,13-14,16,20H2,1-3H3/b22-17+. The first kappa shape index (κ1) is 30.0. The normalized spacial score (nSPS) is 12.8. The van der Waals surface area contributed by atoms with Crippen LogP contribution >= 0.6 is 0 Å². The number of benzene rings is 3. The van der Waals surface area contributed by atoms with Crippen LogP contribution in [0, 0.1) is 17.1 Å². The second kappa shape index (κ2) is 13.3. The highest BCUT2D eigenvalue weighted by molar-refractivity contribution is 6.08. The Bertz CT molecular complexity index is 1790. The maximum atomic E-state index is 14.5. The molecule has 1 aromatic heterocycles. The van der Waals surface area contributed by atoms with Gasteiger partial charge in [0, 0.05) is 11.9 Å². The Morgan fingerprint density at radius 2 is 1.70 bits per heavy atom. The average molecular weight is 596 g/mol. The van der Waals surface area contributed by atoms with Crippen LogP contribution in [0.2, 0.25) is 0 Å². The van der Waals surface area contributed by atoms with Gasteiger partial charge in [-0.1, -0.05) is 30.3 Å². The minimum atomic E-state index is -0.684. The molecule has 44 heavy (non-hydrogen) atoms. The summed E-state index contributed by atoms with van der Waals surface area (Å²) in [7, 11) is 4.64. The number of nitrogens with zero attached hydrogens (tertiary/aromatic N) is 3. The third kappa shape index (κ3) is 5.90. The van der Waals surface area contributed by atoms with E-state index in [0.717, 1.165) is 21.6 Å². The van der Waals surface area contributed by atoms with Crippen LogP contribution in [0.15, 0.2) is 60.7 Å². The second-order valence-electron chi connectivity index (χ2n) is 9.94. The van der Waals surface area contributed by atoms with Gasteiger partial charge in [0.25, 0.3) is 5.91 Å². The molecule has 0 radical (unpaired) electrons. The van der Waals surface area contributed by atoms with Crippen molar-refractivity contribution in [2.75, 3.05) is 39.4 Å². The number of halogens is 1. The summed E-state index contributed by atoms with van der Waals surface area (Å²) in [5, 5.41) is 9.67. The molecular formula is C34H30FN3O6. The molecular weight excluding hydrogens is 565 g/mol. The number of pyridine rings is 1. The lowest BCUT2D eigenvalue weighted by Gasteiger charge is -2.22. The molecule has 9 nitrogen and oxygen atoms in total. The molecule has 1 aliphatic carbocycles. The molecule has 224 valence electrons. The Morgan fingerprint density at radius 1 is 1.00 bits per heavy atom. The van der Waals surface area contributed by atoms with E-state index in [2.05, 4.69) is 0 Å². The molecule has 0 saturated carbocycles. The molecule has 5 rings (SSSR count). The molecule has 0 aliphatic heterocycles. The first-order valence-electron chi connectivity index (χ1n) is 13.9. The van der Waals surface area contributed by atoms with Crippen molar-refractivity contribution < 1.29 is 32.9 Å². The van der Waals surface area contributed by atoms with Crippen molar-refractivity contribution in [1.29, 1.82) is 5.26 Å². The van der Waals surface area contributed by atoms with Crippen LogP contribution in [0.1, 0.15) is 40.0 Å². The zero-order valence-corrected chi connectivity index (χ0v) is 24.6. The van der Waals surface area contributed by atoms with Crippen LogP contribution in [-0.2, 0) is 16.0 Å². The van der Waals surface area contributed by atoms with Gasteiger partial charge in [-0.15, -0.1) is 0 Å². The van der Waals surface area contributed by atoms with E-state index in [1.807, 2.05) is 42.5 Å². The number of para-hydroxylation sites is 2. The topological polar surface area (TPSA) is 111 Å². The Labute approximate surface area is 254 Å². The van der Waals surface area contributed by atoms with E-state index in [0.29, 0.717) is 52.3 Å². The zero-order chi connectivity index (χ0) is 31.2. The van der Waals surface area contributed by atoms with E-state index in [9.17, 15) is 14.0 Å². The number of anilines is 1. The van der Waals surface area contributed by atoms with Crippen molar-refractivity contribution in [3.8, 4) is 23.3 Å². The number of esters is 1. The molecule has 0 atom stereocenters. The fourth-order valence-corrected chi connectivity index (χ4v) is 5.39.